The van der Waals surface area contributed by atoms with E-state index in [0.29, 0.717) is 5.56 Å². The maximum absolute atomic E-state index is 11.7. The molecule has 1 rings (SSSR count). The molecule has 0 fully saturated rings. The van der Waals surface area contributed by atoms with Crippen LogP contribution in [0.25, 0.3) is 0 Å². The average molecular weight is 431 g/mol. The minimum absolute atomic E-state index is 0.506. The first-order valence-corrected chi connectivity index (χ1v) is 13.4. The van der Waals surface area contributed by atoms with Crippen molar-refractivity contribution in [1.29, 1.82) is 0 Å². The van der Waals surface area contributed by atoms with Crippen LogP contribution in [0.2, 0.25) is 0 Å². The third-order valence-corrected chi connectivity index (χ3v) is 6.94. The van der Waals surface area contributed by atoms with Crippen molar-refractivity contribution in [1.82, 2.24) is 0 Å². The SMILES string of the molecule is CCCCCCCCCCc1cc(C(=O)O)c(C)c(C)c1CCCCCCCCCC. The number of hydrogen-bond acceptors (Lipinski definition) is 1. The summed E-state index contributed by atoms with van der Waals surface area (Å²) in [5.74, 6) is -0.781. The van der Waals surface area contributed by atoms with Crippen LogP contribution < -0.4 is 0 Å². The third-order valence-electron chi connectivity index (χ3n) is 6.94. The van der Waals surface area contributed by atoms with Gasteiger partial charge in [-0.1, -0.05) is 104 Å². The topological polar surface area (TPSA) is 37.3 Å². The molecule has 0 atom stereocenters. The average Bonchev–Trinajstić information content (AvgIpc) is 2.75. The number of hydrogen-bond donors (Lipinski definition) is 1. The minimum atomic E-state index is -0.781. The highest BCUT2D eigenvalue weighted by Crippen LogP contribution is 2.26. The maximum atomic E-state index is 11.7. The zero-order valence-corrected chi connectivity index (χ0v) is 21.2. The largest absolute Gasteiger partial charge is 0.478 e. The molecule has 0 saturated carbocycles. The lowest BCUT2D eigenvalue weighted by Crippen LogP contribution is -2.08. The van der Waals surface area contributed by atoms with Gasteiger partial charge in [-0.3, -0.25) is 0 Å². The number of carbonyl (C=O) groups is 1. The molecule has 178 valence electrons. The molecule has 0 radical (unpaired) electrons. The summed E-state index contributed by atoms with van der Waals surface area (Å²) in [6.45, 7) is 8.65. The normalized spacial score (nSPS) is 11.2. The van der Waals surface area contributed by atoms with Gasteiger partial charge < -0.3 is 5.11 Å². The van der Waals surface area contributed by atoms with Crippen LogP contribution in [0.3, 0.4) is 0 Å². The van der Waals surface area contributed by atoms with Crippen molar-refractivity contribution in [3.05, 3.63) is 33.9 Å². The van der Waals surface area contributed by atoms with Gasteiger partial charge in [0, 0.05) is 0 Å². The van der Waals surface area contributed by atoms with Crippen LogP contribution >= 0.6 is 0 Å². The molecule has 1 aromatic carbocycles. The predicted molar refractivity (Wildman–Crippen MR) is 136 cm³/mol. The molecule has 0 amide bonds. The van der Waals surface area contributed by atoms with Crippen molar-refractivity contribution in [3.8, 4) is 0 Å². The standard InChI is InChI=1S/C29H50O2/c1-5-7-9-11-13-15-17-19-21-26-23-28(29(30)31)25(4)24(3)27(26)22-20-18-16-14-12-10-8-6-2/h23H,5-22H2,1-4H3,(H,30,31). The van der Waals surface area contributed by atoms with Gasteiger partial charge in [0.25, 0.3) is 0 Å². The lowest BCUT2D eigenvalue weighted by molar-refractivity contribution is 0.0696. The van der Waals surface area contributed by atoms with Crippen molar-refractivity contribution in [3.63, 3.8) is 0 Å². The van der Waals surface area contributed by atoms with Gasteiger partial charge in [-0.05, 0) is 67.9 Å². The Hall–Kier alpha value is -1.31. The molecule has 0 spiro atoms. The lowest BCUT2D eigenvalue weighted by atomic mass is 9.87. The molecule has 0 unspecified atom stereocenters. The second kappa shape index (κ2) is 17.3. The molecule has 0 aliphatic carbocycles. The molecule has 1 aromatic rings. The summed E-state index contributed by atoms with van der Waals surface area (Å²) in [7, 11) is 0. The highest BCUT2D eigenvalue weighted by Gasteiger charge is 2.16. The first-order chi connectivity index (χ1) is 15.0. The summed E-state index contributed by atoms with van der Waals surface area (Å²) in [6.07, 6.45) is 23.3. The molecule has 0 bridgehead atoms. The summed E-state index contributed by atoms with van der Waals surface area (Å²) in [5, 5.41) is 9.65. The van der Waals surface area contributed by atoms with Crippen LogP contribution in [0.5, 0.6) is 0 Å². The van der Waals surface area contributed by atoms with E-state index < -0.39 is 5.97 Å². The van der Waals surface area contributed by atoms with E-state index in [2.05, 4.69) is 20.8 Å². The number of rotatable bonds is 19. The van der Waals surface area contributed by atoms with Crippen molar-refractivity contribution in [2.45, 2.75) is 143 Å². The van der Waals surface area contributed by atoms with E-state index >= 15 is 0 Å². The second-order valence-corrected chi connectivity index (χ2v) is 9.57. The van der Waals surface area contributed by atoms with E-state index in [1.165, 1.54) is 119 Å². The van der Waals surface area contributed by atoms with Crippen LogP contribution in [0.4, 0.5) is 0 Å². The zero-order chi connectivity index (χ0) is 22.9. The van der Waals surface area contributed by atoms with Crippen molar-refractivity contribution in [2.24, 2.45) is 0 Å². The van der Waals surface area contributed by atoms with Gasteiger partial charge in [-0.15, -0.1) is 0 Å². The highest BCUT2D eigenvalue weighted by molar-refractivity contribution is 5.90. The molecule has 0 saturated heterocycles. The molecule has 2 heteroatoms. The number of carboxylic acids is 1. The number of carboxylic acid groups (broad SMARTS) is 1. The summed E-state index contributed by atoms with van der Waals surface area (Å²) < 4.78 is 0. The Morgan fingerprint density at radius 3 is 1.52 bits per heavy atom. The smallest absolute Gasteiger partial charge is 0.335 e. The highest BCUT2D eigenvalue weighted by atomic mass is 16.4. The Labute approximate surface area is 193 Å². The summed E-state index contributed by atoms with van der Waals surface area (Å²) >= 11 is 0. The molecule has 1 N–H and O–H groups in total. The van der Waals surface area contributed by atoms with E-state index in [1.54, 1.807) is 0 Å². The van der Waals surface area contributed by atoms with Gasteiger partial charge >= 0.3 is 5.97 Å². The maximum Gasteiger partial charge on any atom is 0.335 e. The Balaban J connectivity index is 2.58. The van der Waals surface area contributed by atoms with Crippen molar-refractivity contribution in [2.75, 3.05) is 0 Å². The Kier molecular flexibility index (Phi) is 15.4. The molecule has 0 aliphatic heterocycles. The summed E-state index contributed by atoms with van der Waals surface area (Å²) in [5.41, 5.74) is 5.43. The Morgan fingerprint density at radius 1 is 0.645 bits per heavy atom. The van der Waals surface area contributed by atoms with E-state index in [-0.39, 0.29) is 0 Å². The zero-order valence-electron chi connectivity index (χ0n) is 21.2. The van der Waals surface area contributed by atoms with Crippen LogP contribution in [0.15, 0.2) is 6.07 Å². The van der Waals surface area contributed by atoms with Gasteiger partial charge in [0.05, 0.1) is 5.56 Å². The quantitative estimate of drug-likeness (QED) is 0.222. The van der Waals surface area contributed by atoms with Gasteiger partial charge in [-0.25, -0.2) is 4.79 Å². The van der Waals surface area contributed by atoms with Gasteiger partial charge in [0.15, 0.2) is 0 Å². The molecular weight excluding hydrogens is 380 g/mol. The minimum Gasteiger partial charge on any atom is -0.478 e. The molecular formula is C29H50O2. The number of benzene rings is 1. The monoisotopic (exact) mass is 430 g/mol. The fraction of sp³-hybridized carbons (Fsp3) is 0.759. The van der Waals surface area contributed by atoms with E-state index in [4.69, 9.17) is 0 Å². The Bertz CT molecular complexity index is 618. The van der Waals surface area contributed by atoms with Crippen molar-refractivity contribution < 1.29 is 9.90 Å². The third kappa shape index (κ3) is 11.2. The van der Waals surface area contributed by atoms with Crippen LogP contribution in [0.1, 0.15) is 149 Å². The molecule has 31 heavy (non-hydrogen) atoms. The first-order valence-electron chi connectivity index (χ1n) is 13.4. The Morgan fingerprint density at radius 2 is 1.06 bits per heavy atom. The molecule has 0 aromatic heterocycles. The first kappa shape index (κ1) is 27.7. The van der Waals surface area contributed by atoms with Crippen LogP contribution in [-0.2, 0) is 12.8 Å². The molecule has 2 nitrogen and oxygen atoms in total. The van der Waals surface area contributed by atoms with E-state index in [9.17, 15) is 9.90 Å². The fourth-order valence-electron chi connectivity index (χ4n) is 4.72. The summed E-state index contributed by atoms with van der Waals surface area (Å²) in [6, 6.07) is 1.99. The number of unbranched alkanes of at least 4 members (excludes halogenated alkanes) is 14. The van der Waals surface area contributed by atoms with Crippen molar-refractivity contribution >= 4 is 5.97 Å². The van der Waals surface area contributed by atoms with E-state index in [0.717, 1.165) is 18.4 Å². The predicted octanol–water partition coefficient (Wildman–Crippen LogP) is 9.37. The fourth-order valence-corrected chi connectivity index (χ4v) is 4.72. The number of aromatic carboxylic acids is 1. The lowest BCUT2D eigenvalue weighted by Gasteiger charge is -2.17. The summed E-state index contributed by atoms with van der Waals surface area (Å²) in [4.78, 5) is 11.7. The number of aryl methyl sites for hydroxylation is 1. The van der Waals surface area contributed by atoms with Crippen LogP contribution in [-0.4, -0.2) is 11.1 Å². The second-order valence-electron chi connectivity index (χ2n) is 9.57. The van der Waals surface area contributed by atoms with Crippen LogP contribution in [0, 0.1) is 13.8 Å². The van der Waals surface area contributed by atoms with Gasteiger partial charge in [0.2, 0.25) is 0 Å². The molecule has 0 heterocycles. The molecule has 0 aliphatic rings. The van der Waals surface area contributed by atoms with Gasteiger partial charge in [0.1, 0.15) is 0 Å². The van der Waals surface area contributed by atoms with E-state index in [1.807, 2.05) is 13.0 Å². The van der Waals surface area contributed by atoms with Gasteiger partial charge in [-0.2, -0.15) is 0 Å².